The van der Waals surface area contributed by atoms with Crippen LogP contribution in [0, 0.1) is 0 Å². The zero-order valence-electron chi connectivity index (χ0n) is 21.0. The quantitative estimate of drug-likeness (QED) is 0.312. The Hall–Kier alpha value is -4.09. The molecule has 38 heavy (non-hydrogen) atoms. The number of nitrogens with one attached hydrogen (secondary N) is 2. The molecule has 1 fully saturated rings. The molecule has 196 valence electrons. The minimum atomic E-state index is -3.49. The summed E-state index contributed by atoms with van der Waals surface area (Å²) in [5.74, 6) is 1.10. The van der Waals surface area contributed by atoms with E-state index in [9.17, 15) is 8.42 Å². The molecule has 11 heteroatoms. The summed E-state index contributed by atoms with van der Waals surface area (Å²) in [6, 6.07) is 22.3. The number of aromatic nitrogens is 2. The third-order valence-corrected chi connectivity index (χ3v) is 7.19. The van der Waals surface area contributed by atoms with Gasteiger partial charge in [0.2, 0.25) is 10.0 Å². The first-order valence-electron chi connectivity index (χ1n) is 11.8. The van der Waals surface area contributed by atoms with E-state index in [2.05, 4.69) is 19.6 Å². The number of pyridine rings is 1. The normalized spacial score (nSPS) is 17.2. The number of anilines is 2. The van der Waals surface area contributed by atoms with Crippen molar-refractivity contribution in [3.8, 4) is 17.2 Å². The lowest BCUT2D eigenvalue weighted by Crippen LogP contribution is -2.30. The number of sulfonamides is 1. The molecule has 2 aromatic heterocycles. The van der Waals surface area contributed by atoms with Crippen molar-refractivity contribution >= 4 is 38.7 Å². The molecule has 3 heterocycles. The molecule has 4 aromatic rings. The average Bonchev–Trinajstić information content (AvgIpc) is 3.52. The first-order chi connectivity index (χ1) is 18.3. The highest BCUT2D eigenvalue weighted by molar-refractivity contribution is 7.92. The van der Waals surface area contributed by atoms with Gasteiger partial charge in [-0.1, -0.05) is 18.2 Å². The van der Waals surface area contributed by atoms with Gasteiger partial charge in [-0.15, -0.1) is 0 Å². The topological polar surface area (TPSA) is 97.7 Å². The summed E-state index contributed by atoms with van der Waals surface area (Å²) in [4.78, 5) is 6.63. The number of ether oxygens (including phenoxy) is 2. The van der Waals surface area contributed by atoms with Crippen LogP contribution in [0.15, 0.2) is 85.2 Å². The van der Waals surface area contributed by atoms with Gasteiger partial charge in [0.25, 0.3) is 0 Å². The molecule has 0 saturated carbocycles. The van der Waals surface area contributed by atoms with Gasteiger partial charge in [0, 0.05) is 29.8 Å². The van der Waals surface area contributed by atoms with Crippen LogP contribution in [0.25, 0.3) is 5.69 Å². The molecule has 0 bridgehead atoms. The minimum absolute atomic E-state index is 0.271. The molecule has 5 rings (SSSR count). The maximum Gasteiger partial charge on any atom is 0.229 e. The summed E-state index contributed by atoms with van der Waals surface area (Å²) in [6.45, 7) is 0. The minimum Gasteiger partial charge on any atom is -0.495 e. The predicted molar refractivity (Wildman–Crippen MR) is 152 cm³/mol. The molecule has 1 aliphatic heterocycles. The van der Waals surface area contributed by atoms with Crippen LogP contribution in [-0.2, 0) is 10.0 Å². The van der Waals surface area contributed by atoms with Crippen LogP contribution in [0.2, 0.25) is 0 Å². The fraction of sp³-hybridized carbons (Fsp3) is 0.185. The molecule has 0 spiro atoms. The SMILES string of the molecule is COc1cc(N2C(=S)N[C@@H](c3ccccn3)[C@H]2c2cccn2-c2ccccc2OC)ccc1NS(C)(=O)=O. The number of benzene rings is 2. The fourth-order valence-corrected chi connectivity index (χ4v) is 5.64. The molecule has 2 aromatic carbocycles. The molecule has 2 N–H and O–H groups in total. The van der Waals surface area contributed by atoms with E-state index in [1.165, 1.54) is 7.11 Å². The number of hydrogen-bond donors (Lipinski definition) is 2. The molecule has 0 aliphatic carbocycles. The average molecular weight is 550 g/mol. The van der Waals surface area contributed by atoms with Gasteiger partial charge in [-0.05, 0) is 60.7 Å². The number of para-hydroxylation sites is 2. The van der Waals surface area contributed by atoms with Crippen molar-refractivity contribution in [1.29, 1.82) is 0 Å². The van der Waals surface area contributed by atoms with Crippen molar-refractivity contribution in [1.82, 2.24) is 14.9 Å². The Balaban J connectivity index is 1.66. The summed E-state index contributed by atoms with van der Waals surface area (Å²) in [7, 11) is -0.349. The van der Waals surface area contributed by atoms with Crippen LogP contribution in [0.1, 0.15) is 23.5 Å². The highest BCUT2D eigenvalue weighted by Crippen LogP contribution is 2.44. The van der Waals surface area contributed by atoms with Crippen molar-refractivity contribution in [3.05, 3.63) is 96.6 Å². The van der Waals surface area contributed by atoms with E-state index in [4.69, 9.17) is 21.7 Å². The summed E-state index contributed by atoms with van der Waals surface area (Å²) in [5.41, 5.74) is 3.74. The number of methoxy groups -OCH3 is 2. The molecule has 9 nitrogen and oxygen atoms in total. The largest absolute Gasteiger partial charge is 0.495 e. The number of hydrogen-bond acceptors (Lipinski definition) is 6. The van der Waals surface area contributed by atoms with Crippen LogP contribution in [0.4, 0.5) is 11.4 Å². The lowest BCUT2D eigenvalue weighted by Gasteiger charge is -2.29. The zero-order chi connectivity index (χ0) is 26.9. The molecule has 0 radical (unpaired) electrons. The maximum absolute atomic E-state index is 11.9. The van der Waals surface area contributed by atoms with Crippen molar-refractivity contribution in [2.75, 3.05) is 30.1 Å². The first kappa shape index (κ1) is 25.6. The van der Waals surface area contributed by atoms with Gasteiger partial charge in [-0.3, -0.25) is 9.71 Å². The van der Waals surface area contributed by atoms with Gasteiger partial charge in [0.15, 0.2) is 5.11 Å². The first-order valence-corrected chi connectivity index (χ1v) is 14.1. The van der Waals surface area contributed by atoms with Crippen LogP contribution < -0.4 is 24.4 Å². The van der Waals surface area contributed by atoms with Crippen LogP contribution in [0.5, 0.6) is 11.5 Å². The zero-order valence-corrected chi connectivity index (χ0v) is 22.7. The fourth-order valence-electron chi connectivity index (χ4n) is 4.73. The molecule has 0 unspecified atom stereocenters. The van der Waals surface area contributed by atoms with Gasteiger partial charge >= 0.3 is 0 Å². The molecule has 1 saturated heterocycles. The number of nitrogens with zero attached hydrogens (tertiary/aromatic N) is 3. The Labute approximate surface area is 227 Å². The van der Waals surface area contributed by atoms with E-state index in [0.717, 1.165) is 34.8 Å². The van der Waals surface area contributed by atoms with E-state index >= 15 is 0 Å². The Morgan fingerprint density at radius 3 is 2.45 bits per heavy atom. The maximum atomic E-state index is 11.9. The van der Waals surface area contributed by atoms with Crippen molar-refractivity contribution in [2.24, 2.45) is 0 Å². The molecular weight excluding hydrogens is 522 g/mol. The predicted octanol–water partition coefficient (Wildman–Crippen LogP) is 4.44. The Morgan fingerprint density at radius 1 is 0.974 bits per heavy atom. The van der Waals surface area contributed by atoms with Crippen LogP contribution in [-0.4, -0.2) is 43.6 Å². The Morgan fingerprint density at radius 2 is 1.74 bits per heavy atom. The van der Waals surface area contributed by atoms with Gasteiger partial charge in [-0.2, -0.15) is 0 Å². The third-order valence-electron chi connectivity index (χ3n) is 6.28. The Kier molecular flexibility index (Phi) is 6.96. The highest BCUT2D eigenvalue weighted by Gasteiger charge is 2.42. The van der Waals surface area contributed by atoms with E-state index in [1.807, 2.05) is 71.8 Å². The summed E-state index contributed by atoms with van der Waals surface area (Å²) in [5, 5.41) is 3.96. The van der Waals surface area contributed by atoms with E-state index < -0.39 is 10.0 Å². The smallest absolute Gasteiger partial charge is 0.229 e. The molecule has 0 amide bonds. The van der Waals surface area contributed by atoms with Gasteiger partial charge in [0.1, 0.15) is 17.5 Å². The second-order valence-electron chi connectivity index (χ2n) is 8.73. The monoisotopic (exact) mass is 549 g/mol. The lowest BCUT2D eigenvalue weighted by atomic mass is 10.0. The lowest BCUT2D eigenvalue weighted by molar-refractivity contribution is 0.412. The number of thiocarbonyl (C=S) groups is 1. The Bertz CT molecular complexity index is 1570. The second kappa shape index (κ2) is 10.3. The van der Waals surface area contributed by atoms with E-state index in [1.54, 1.807) is 25.4 Å². The van der Waals surface area contributed by atoms with Crippen LogP contribution >= 0.6 is 12.2 Å². The number of rotatable bonds is 8. The second-order valence-corrected chi connectivity index (χ2v) is 10.9. The molecule has 1 aliphatic rings. The summed E-state index contributed by atoms with van der Waals surface area (Å²) >= 11 is 5.86. The molecule has 2 atom stereocenters. The van der Waals surface area contributed by atoms with Gasteiger partial charge in [-0.25, -0.2) is 8.42 Å². The van der Waals surface area contributed by atoms with E-state index in [-0.39, 0.29) is 12.1 Å². The van der Waals surface area contributed by atoms with Crippen molar-refractivity contribution < 1.29 is 17.9 Å². The molecular formula is C27H27N5O4S2. The van der Waals surface area contributed by atoms with Gasteiger partial charge < -0.3 is 24.3 Å². The highest BCUT2D eigenvalue weighted by atomic mass is 32.2. The van der Waals surface area contributed by atoms with Gasteiger partial charge in [0.05, 0.1) is 43.6 Å². The third kappa shape index (κ3) is 4.90. The van der Waals surface area contributed by atoms with Crippen molar-refractivity contribution in [3.63, 3.8) is 0 Å². The summed E-state index contributed by atoms with van der Waals surface area (Å²) in [6.07, 6.45) is 4.84. The standard InChI is InChI=1S/C27H27N5O4S2/c1-35-23-12-5-4-10-21(23)31-16-8-11-22(31)26-25(20-9-6-7-15-28-20)29-27(37)32(26)18-13-14-19(24(17-18)36-2)30-38(3,33)34/h4-17,25-26,30H,1-3H3,(H,29,37)/t25-,26+/m0/s1. The van der Waals surface area contributed by atoms with Crippen molar-refractivity contribution in [2.45, 2.75) is 12.1 Å². The van der Waals surface area contributed by atoms with E-state index in [0.29, 0.717) is 16.5 Å². The summed E-state index contributed by atoms with van der Waals surface area (Å²) < 4.78 is 39.5. The van der Waals surface area contributed by atoms with Crippen LogP contribution in [0.3, 0.4) is 0 Å².